The molecule has 2 aromatic heterocycles. The Bertz CT molecular complexity index is 1230. The van der Waals surface area contributed by atoms with Gasteiger partial charge in [-0.05, 0) is 63.8 Å². The molecule has 8 heteroatoms. The minimum Gasteiger partial charge on any atom is -0.505 e. The van der Waals surface area contributed by atoms with Crippen LogP contribution in [0.25, 0.3) is 11.4 Å². The summed E-state index contributed by atoms with van der Waals surface area (Å²) in [5, 5.41) is 11.4. The van der Waals surface area contributed by atoms with Gasteiger partial charge >= 0.3 is 0 Å². The van der Waals surface area contributed by atoms with Gasteiger partial charge in [0.05, 0.1) is 24.4 Å². The number of amides is 1. The summed E-state index contributed by atoms with van der Waals surface area (Å²) in [6.07, 6.45) is 2.47. The van der Waals surface area contributed by atoms with E-state index in [0.717, 1.165) is 12.1 Å². The molecule has 33 heavy (non-hydrogen) atoms. The van der Waals surface area contributed by atoms with E-state index < -0.39 is 17.7 Å². The van der Waals surface area contributed by atoms with Crippen molar-refractivity contribution in [3.8, 4) is 5.75 Å². The number of carbonyl (C=O) groups excluding carboxylic acids is 2. The van der Waals surface area contributed by atoms with Crippen LogP contribution in [-0.2, 0) is 9.59 Å². The molecule has 0 spiro atoms. The van der Waals surface area contributed by atoms with Gasteiger partial charge in [-0.3, -0.25) is 14.0 Å². The van der Waals surface area contributed by atoms with Crippen LogP contribution in [0.5, 0.6) is 5.75 Å². The second-order valence-corrected chi connectivity index (χ2v) is 8.40. The Hall–Kier alpha value is -3.65. The number of rotatable bonds is 7. The van der Waals surface area contributed by atoms with Crippen molar-refractivity contribution in [2.75, 3.05) is 34.3 Å². The zero-order chi connectivity index (χ0) is 23.7. The number of fused-ring (bicyclic) bond motifs is 1. The van der Waals surface area contributed by atoms with Crippen LogP contribution in [0.3, 0.4) is 0 Å². The van der Waals surface area contributed by atoms with E-state index in [-0.39, 0.29) is 11.3 Å². The summed E-state index contributed by atoms with van der Waals surface area (Å²) in [5.74, 6) is -0.854. The molecule has 8 nitrogen and oxygen atoms in total. The van der Waals surface area contributed by atoms with Crippen LogP contribution in [0.2, 0.25) is 0 Å². The number of likely N-dealkylation sites (tertiary alicyclic amines) is 1. The lowest BCUT2D eigenvalue weighted by Crippen LogP contribution is -2.32. The molecular weight excluding hydrogens is 420 g/mol. The molecule has 1 fully saturated rings. The van der Waals surface area contributed by atoms with Gasteiger partial charge in [0.25, 0.3) is 11.7 Å². The molecule has 1 aliphatic rings. The second kappa shape index (κ2) is 9.07. The number of pyridine rings is 1. The quantitative estimate of drug-likeness (QED) is 0.340. The lowest BCUT2D eigenvalue weighted by Gasteiger charge is -2.26. The van der Waals surface area contributed by atoms with Crippen LogP contribution in [-0.4, -0.2) is 70.3 Å². The molecular formula is C25H28N4O4. The summed E-state index contributed by atoms with van der Waals surface area (Å²) in [5.41, 5.74) is 2.44. The Balaban J connectivity index is 1.87. The predicted molar refractivity (Wildman–Crippen MR) is 125 cm³/mol. The smallest absolute Gasteiger partial charge is 0.295 e. The fourth-order valence-electron chi connectivity index (χ4n) is 4.33. The first-order valence-electron chi connectivity index (χ1n) is 10.8. The molecule has 0 radical (unpaired) electrons. The molecule has 1 atom stereocenters. The number of methoxy groups -OCH3 is 1. The topological polar surface area (TPSA) is 87.4 Å². The van der Waals surface area contributed by atoms with E-state index in [1.165, 1.54) is 0 Å². The van der Waals surface area contributed by atoms with Crippen molar-refractivity contribution in [1.29, 1.82) is 0 Å². The molecule has 1 N–H and O–H groups in total. The number of Topliss-reactive ketones (excluding diaryl/α,β-unsaturated/α-hetero) is 1. The SMILES string of the molecule is COc1ccc([C@@H]2C(=C(O)c3c(C)nc4ccccn34)C(=O)C(=O)N2CCCN(C)C)cc1. The van der Waals surface area contributed by atoms with E-state index in [4.69, 9.17) is 4.74 Å². The van der Waals surface area contributed by atoms with Crippen LogP contribution in [0.4, 0.5) is 0 Å². The second-order valence-electron chi connectivity index (χ2n) is 8.40. The maximum absolute atomic E-state index is 13.2. The molecule has 3 aromatic rings. The summed E-state index contributed by atoms with van der Waals surface area (Å²) in [7, 11) is 5.50. The lowest BCUT2D eigenvalue weighted by molar-refractivity contribution is -0.139. The highest BCUT2D eigenvalue weighted by Crippen LogP contribution is 2.40. The van der Waals surface area contributed by atoms with E-state index >= 15 is 0 Å². The molecule has 1 amide bonds. The zero-order valence-corrected chi connectivity index (χ0v) is 19.3. The molecule has 3 heterocycles. The van der Waals surface area contributed by atoms with Crippen LogP contribution in [0.15, 0.2) is 54.2 Å². The monoisotopic (exact) mass is 448 g/mol. The van der Waals surface area contributed by atoms with Gasteiger partial charge in [-0.2, -0.15) is 0 Å². The minimum absolute atomic E-state index is 0.0729. The number of carbonyl (C=O) groups is 2. The van der Waals surface area contributed by atoms with Crippen molar-refractivity contribution in [2.24, 2.45) is 0 Å². The Morgan fingerprint density at radius 1 is 1.15 bits per heavy atom. The number of aliphatic hydroxyl groups is 1. The summed E-state index contributed by atoms with van der Waals surface area (Å²) >= 11 is 0. The summed E-state index contributed by atoms with van der Waals surface area (Å²) in [6.45, 7) is 2.94. The Morgan fingerprint density at radius 3 is 2.55 bits per heavy atom. The number of hydrogen-bond donors (Lipinski definition) is 1. The first kappa shape index (κ1) is 22.5. The average Bonchev–Trinajstić information content (AvgIpc) is 3.27. The molecule has 172 valence electrons. The van der Waals surface area contributed by atoms with Gasteiger partial charge in [0.1, 0.15) is 17.1 Å². The number of nitrogens with zero attached hydrogens (tertiary/aromatic N) is 4. The molecule has 0 unspecified atom stereocenters. The summed E-state index contributed by atoms with van der Waals surface area (Å²) < 4.78 is 6.99. The van der Waals surface area contributed by atoms with Crippen LogP contribution in [0.1, 0.15) is 29.4 Å². The van der Waals surface area contributed by atoms with Gasteiger partial charge in [0.2, 0.25) is 0 Å². The molecule has 1 saturated heterocycles. The molecule has 1 aromatic carbocycles. The number of ketones is 1. The van der Waals surface area contributed by atoms with E-state index in [0.29, 0.717) is 35.8 Å². The Kier molecular flexibility index (Phi) is 6.20. The third kappa shape index (κ3) is 4.09. The van der Waals surface area contributed by atoms with Gasteiger partial charge in [0, 0.05) is 12.7 Å². The highest BCUT2D eigenvalue weighted by molar-refractivity contribution is 6.46. The number of aliphatic hydroxyl groups excluding tert-OH is 1. The zero-order valence-electron chi connectivity index (χ0n) is 19.3. The van der Waals surface area contributed by atoms with E-state index in [1.807, 2.05) is 49.3 Å². The van der Waals surface area contributed by atoms with E-state index in [1.54, 1.807) is 41.7 Å². The van der Waals surface area contributed by atoms with Crippen LogP contribution >= 0.6 is 0 Å². The van der Waals surface area contributed by atoms with Gasteiger partial charge in [-0.1, -0.05) is 18.2 Å². The summed E-state index contributed by atoms with van der Waals surface area (Å²) in [6, 6.07) is 12.0. The fraction of sp³-hybridized carbons (Fsp3) is 0.320. The first-order chi connectivity index (χ1) is 15.8. The third-order valence-corrected chi connectivity index (χ3v) is 5.90. The Labute approximate surface area is 192 Å². The van der Waals surface area contributed by atoms with Gasteiger partial charge in [-0.25, -0.2) is 4.98 Å². The fourth-order valence-corrected chi connectivity index (χ4v) is 4.33. The highest BCUT2D eigenvalue weighted by Gasteiger charge is 2.46. The predicted octanol–water partition coefficient (Wildman–Crippen LogP) is 3.02. The lowest BCUT2D eigenvalue weighted by atomic mass is 9.96. The van der Waals surface area contributed by atoms with Crippen molar-refractivity contribution in [2.45, 2.75) is 19.4 Å². The van der Waals surface area contributed by atoms with Crippen LogP contribution in [0, 0.1) is 6.92 Å². The Morgan fingerprint density at radius 2 is 1.88 bits per heavy atom. The number of hydrogen-bond acceptors (Lipinski definition) is 6. The third-order valence-electron chi connectivity index (χ3n) is 5.90. The van der Waals surface area contributed by atoms with Crippen molar-refractivity contribution in [1.82, 2.24) is 19.2 Å². The number of aromatic nitrogens is 2. The average molecular weight is 449 g/mol. The number of benzene rings is 1. The molecule has 4 rings (SSSR count). The normalized spacial score (nSPS) is 18.0. The number of aryl methyl sites for hydroxylation is 1. The number of ether oxygens (including phenoxy) is 1. The van der Waals surface area contributed by atoms with Crippen molar-refractivity contribution < 1.29 is 19.4 Å². The summed E-state index contributed by atoms with van der Waals surface area (Å²) in [4.78, 5) is 34.4. The first-order valence-corrected chi connectivity index (χ1v) is 10.8. The molecule has 0 bridgehead atoms. The number of imidazole rings is 1. The maximum Gasteiger partial charge on any atom is 0.295 e. The van der Waals surface area contributed by atoms with E-state index in [9.17, 15) is 14.7 Å². The highest BCUT2D eigenvalue weighted by atomic mass is 16.5. The molecule has 0 saturated carbocycles. The largest absolute Gasteiger partial charge is 0.505 e. The van der Waals surface area contributed by atoms with Crippen LogP contribution < -0.4 is 4.74 Å². The van der Waals surface area contributed by atoms with E-state index in [2.05, 4.69) is 4.98 Å². The van der Waals surface area contributed by atoms with Crippen molar-refractivity contribution in [3.63, 3.8) is 0 Å². The van der Waals surface area contributed by atoms with Gasteiger partial charge < -0.3 is 19.6 Å². The molecule has 0 aliphatic carbocycles. The minimum atomic E-state index is -0.702. The van der Waals surface area contributed by atoms with Crippen molar-refractivity contribution in [3.05, 3.63) is 71.2 Å². The van der Waals surface area contributed by atoms with Gasteiger partial charge in [0.15, 0.2) is 5.76 Å². The van der Waals surface area contributed by atoms with Gasteiger partial charge in [-0.15, -0.1) is 0 Å². The maximum atomic E-state index is 13.2. The standard InChI is InChI=1S/C25H28N4O4/c1-16-21(28-14-6-5-8-19(28)26-16)23(30)20-22(17-9-11-18(33-4)12-10-17)29(25(32)24(20)31)15-7-13-27(2)3/h5-6,8-12,14,22,30H,7,13,15H2,1-4H3/t22-/m1/s1. The van der Waals surface area contributed by atoms with Crippen molar-refractivity contribution >= 4 is 23.1 Å². The molecule has 1 aliphatic heterocycles.